The maximum absolute atomic E-state index is 3.72. The molecule has 144 valence electrons. The highest BCUT2D eigenvalue weighted by Gasteiger charge is 2.13. The third-order valence-electron chi connectivity index (χ3n) is 5.81. The summed E-state index contributed by atoms with van der Waals surface area (Å²) in [5, 5.41) is 3.87. The molecule has 6 rings (SSSR count). The van der Waals surface area contributed by atoms with Gasteiger partial charge in [0.1, 0.15) is 0 Å². The van der Waals surface area contributed by atoms with Crippen LogP contribution in [-0.4, -0.2) is 4.57 Å². The normalized spacial score (nSPS) is 11.7. The minimum atomic E-state index is 1.19. The number of rotatable bonds is 2. The van der Waals surface area contributed by atoms with Crippen LogP contribution in [0.5, 0.6) is 0 Å². The Morgan fingerprint density at radius 1 is 0.667 bits per heavy atom. The SMILES string of the molecule is Cc1sc2cc(-c3ccc4c(c3)c3ccccc3n4-c3ccccc3)ccc2c1Br. The van der Waals surface area contributed by atoms with Crippen molar-refractivity contribution in [2.45, 2.75) is 6.92 Å². The van der Waals surface area contributed by atoms with Crippen molar-refractivity contribution in [3.8, 4) is 16.8 Å². The van der Waals surface area contributed by atoms with Crippen LogP contribution in [0.15, 0.2) is 95.5 Å². The second-order valence-electron chi connectivity index (χ2n) is 7.60. The van der Waals surface area contributed by atoms with Gasteiger partial charge < -0.3 is 4.57 Å². The van der Waals surface area contributed by atoms with E-state index in [9.17, 15) is 0 Å². The van der Waals surface area contributed by atoms with E-state index >= 15 is 0 Å². The van der Waals surface area contributed by atoms with Crippen molar-refractivity contribution in [1.29, 1.82) is 0 Å². The van der Waals surface area contributed by atoms with Gasteiger partial charge in [-0.05, 0) is 70.4 Å². The smallest absolute Gasteiger partial charge is 0.0541 e. The quantitative estimate of drug-likeness (QED) is 0.239. The number of fused-ring (bicyclic) bond motifs is 4. The Morgan fingerprint density at radius 3 is 2.23 bits per heavy atom. The minimum absolute atomic E-state index is 1.19. The molecule has 0 saturated carbocycles. The fourth-order valence-electron chi connectivity index (χ4n) is 4.37. The Bertz CT molecular complexity index is 1560. The molecule has 1 nitrogen and oxygen atoms in total. The number of hydrogen-bond acceptors (Lipinski definition) is 1. The number of nitrogens with zero attached hydrogens (tertiary/aromatic N) is 1. The lowest BCUT2D eigenvalue weighted by molar-refractivity contribution is 1.18. The molecule has 2 aromatic heterocycles. The van der Waals surface area contributed by atoms with E-state index in [-0.39, 0.29) is 0 Å². The molecular formula is C27H18BrNS. The first-order valence-electron chi connectivity index (χ1n) is 9.98. The van der Waals surface area contributed by atoms with Crippen molar-refractivity contribution >= 4 is 59.2 Å². The predicted octanol–water partition coefficient (Wildman–Crippen LogP) is 8.74. The highest BCUT2D eigenvalue weighted by molar-refractivity contribution is 9.10. The van der Waals surface area contributed by atoms with Crippen LogP contribution < -0.4 is 0 Å². The standard InChI is InChI=1S/C27H18BrNS/c1-17-27(28)22-13-11-19(16-26(22)30-17)18-12-14-25-23(15-18)21-9-5-6-10-24(21)29(25)20-7-3-2-4-8-20/h2-16H,1H3. The van der Waals surface area contributed by atoms with Crippen molar-refractivity contribution in [3.63, 3.8) is 0 Å². The number of aryl methyl sites for hydroxylation is 1. The largest absolute Gasteiger partial charge is 0.309 e. The van der Waals surface area contributed by atoms with Gasteiger partial charge in [0.2, 0.25) is 0 Å². The third-order valence-corrected chi connectivity index (χ3v) is 8.16. The molecule has 0 N–H and O–H groups in total. The summed E-state index contributed by atoms with van der Waals surface area (Å²) in [5.41, 5.74) is 6.18. The molecule has 0 aliphatic carbocycles. The number of para-hydroxylation sites is 2. The Morgan fingerprint density at radius 2 is 1.37 bits per heavy atom. The Hall–Kier alpha value is -2.88. The topological polar surface area (TPSA) is 4.93 Å². The second-order valence-corrected chi connectivity index (χ2v) is 9.65. The lowest BCUT2D eigenvalue weighted by Gasteiger charge is -2.08. The molecule has 0 unspecified atom stereocenters. The van der Waals surface area contributed by atoms with Gasteiger partial charge in [-0.1, -0.05) is 54.6 Å². The van der Waals surface area contributed by atoms with Gasteiger partial charge in [-0.25, -0.2) is 0 Å². The molecule has 0 aliphatic rings. The zero-order chi connectivity index (χ0) is 20.2. The number of aromatic nitrogens is 1. The van der Waals surface area contributed by atoms with Gasteiger partial charge in [-0.2, -0.15) is 0 Å². The van der Waals surface area contributed by atoms with Crippen molar-refractivity contribution in [3.05, 3.63) is 100 Å². The van der Waals surface area contributed by atoms with E-state index in [1.54, 1.807) is 0 Å². The summed E-state index contributed by atoms with van der Waals surface area (Å²) in [6.07, 6.45) is 0. The fraction of sp³-hybridized carbons (Fsp3) is 0.0370. The highest BCUT2D eigenvalue weighted by atomic mass is 79.9. The van der Waals surface area contributed by atoms with Crippen LogP contribution in [-0.2, 0) is 0 Å². The molecule has 4 aromatic carbocycles. The average Bonchev–Trinajstić information content (AvgIpc) is 3.27. The number of hydrogen-bond donors (Lipinski definition) is 0. The summed E-state index contributed by atoms with van der Waals surface area (Å²) >= 11 is 5.57. The molecule has 0 aliphatic heterocycles. The van der Waals surface area contributed by atoms with E-state index in [2.05, 4.69) is 118 Å². The number of benzene rings is 4. The summed E-state index contributed by atoms with van der Waals surface area (Å²) in [7, 11) is 0. The molecule has 3 heteroatoms. The molecule has 0 fully saturated rings. The van der Waals surface area contributed by atoms with Crippen LogP contribution >= 0.6 is 27.3 Å². The van der Waals surface area contributed by atoms with Crippen molar-refractivity contribution < 1.29 is 0 Å². The van der Waals surface area contributed by atoms with E-state index < -0.39 is 0 Å². The first-order chi connectivity index (χ1) is 14.7. The molecule has 0 bridgehead atoms. The van der Waals surface area contributed by atoms with Crippen LogP contribution in [0, 0.1) is 6.92 Å². The lowest BCUT2D eigenvalue weighted by atomic mass is 10.0. The molecule has 30 heavy (non-hydrogen) atoms. The third kappa shape index (κ3) is 2.66. The summed E-state index contributed by atoms with van der Waals surface area (Å²) in [4.78, 5) is 1.32. The maximum atomic E-state index is 3.72. The maximum Gasteiger partial charge on any atom is 0.0541 e. The van der Waals surface area contributed by atoms with Gasteiger partial charge in [-0.15, -0.1) is 11.3 Å². The van der Waals surface area contributed by atoms with Crippen molar-refractivity contribution in [1.82, 2.24) is 4.57 Å². The molecule has 2 heterocycles. The zero-order valence-electron chi connectivity index (χ0n) is 16.4. The first-order valence-corrected chi connectivity index (χ1v) is 11.6. The number of halogens is 1. The molecule has 0 amide bonds. The molecule has 0 radical (unpaired) electrons. The monoisotopic (exact) mass is 467 g/mol. The van der Waals surface area contributed by atoms with Crippen LogP contribution in [0.1, 0.15) is 4.88 Å². The summed E-state index contributed by atoms with van der Waals surface area (Å²) in [6, 6.07) is 32.9. The molecular weight excluding hydrogens is 450 g/mol. The molecule has 0 atom stereocenters. The summed E-state index contributed by atoms with van der Waals surface area (Å²) in [5.74, 6) is 0. The van der Waals surface area contributed by atoms with Crippen molar-refractivity contribution in [2.75, 3.05) is 0 Å². The van der Waals surface area contributed by atoms with Gasteiger partial charge in [0.25, 0.3) is 0 Å². The predicted molar refractivity (Wildman–Crippen MR) is 134 cm³/mol. The van der Waals surface area contributed by atoms with Gasteiger partial charge in [0.05, 0.1) is 11.0 Å². The van der Waals surface area contributed by atoms with E-state index in [0.717, 1.165) is 0 Å². The molecule has 0 saturated heterocycles. The second kappa shape index (κ2) is 6.83. The number of thiophene rings is 1. The Labute approximate surface area is 187 Å². The van der Waals surface area contributed by atoms with Crippen LogP contribution in [0.4, 0.5) is 0 Å². The summed E-state index contributed by atoms with van der Waals surface area (Å²) < 4.78 is 4.90. The average molecular weight is 468 g/mol. The van der Waals surface area contributed by atoms with E-state index in [1.807, 2.05) is 11.3 Å². The Kier molecular flexibility index (Phi) is 4.08. The lowest BCUT2D eigenvalue weighted by Crippen LogP contribution is -1.92. The van der Waals surface area contributed by atoms with Gasteiger partial charge >= 0.3 is 0 Å². The fourth-order valence-corrected chi connectivity index (χ4v) is 6.09. The minimum Gasteiger partial charge on any atom is -0.309 e. The van der Waals surface area contributed by atoms with E-state index in [0.29, 0.717) is 0 Å². The molecule has 6 aromatic rings. The van der Waals surface area contributed by atoms with Gasteiger partial charge in [-0.3, -0.25) is 0 Å². The van der Waals surface area contributed by atoms with Crippen LogP contribution in [0.2, 0.25) is 0 Å². The van der Waals surface area contributed by atoms with Gasteiger partial charge in [0, 0.05) is 35.9 Å². The molecule has 0 spiro atoms. The zero-order valence-corrected chi connectivity index (χ0v) is 18.8. The highest BCUT2D eigenvalue weighted by Crippen LogP contribution is 2.39. The Balaban J connectivity index is 1.61. The van der Waals surface area contributed by atoms with Gasteiger partial charge in [0.15, 0.2) is 0 Å². The van der Waals surface area contributed by atoms with E-state index in [1.165, 1.54) is 58.1 Å². The van der Waals surface area contributed by atoms with Crippen LogP contribution in [0.25, 0.3) is 48.7 Å². The van der Waals surface area contributed by atoms with Crippen LogP contribution in [0.3, 0.4) is 0 Å². The van der Waals surface area contributed by atoms with E-state index in [4.69, 9.17) is 0 Å². The van der Waals surface area contributed by atoms with Crippen molar-refractivity contribution in [2.24, 2.45) is 0 Å². The first kappa shape index (κ1) is 17.9. The summed E-state index contributed by atoms with van der Waals surface area (Å²) in [6.45, 7) is 2.17.